The number of hydrogen-bond acceptors (Lipinski definition) is 5. The highest BCUT2D eigenvalue weighted by Crippen LogP contribution is 2.39. The van der Waals surface area contributed by atoms with Gasteiger partial charge in [0.15, 0.2) is 0 Å². The second-order valence-electron chi connectivity index (χ2n) is 6.81. The summed E-state index contributed by atoms with van der Waals surface area (Å²) in [6.45, 7) is 8.49. The first-order chi connectivity index (χ1) is 10.5. The van der Waals surface area contributed by atoms with Crippen LogP contribution in [0.5, 0.6) is 0 Å². The zero-order valence-corrected chi connectivity index (χ0v) is 13.9. The van der Waals surface area contributed by atoms with Gasteiger partial charge in [0.2, 0.25) is 0 Å². The van der Waals surface area contributed by atoms with Crippen molar-refractivity contribution < 1.29 is 9.84 Å². The number of hydrogen-bond donors (Lipinski definition) is 2. The maximum atomic E-state index is 9.76. The van der Waals surface area contributed by atoms with Crippen LogP contribution in [0.4, 0.5) is 5.82 Å². The molecule has 6 heteroatoms. The van der Waals surface area contributed by atoms with Crippen molar-refractivity contribution in [2.24, 2.45) is 13.0 Å². The lowest BCUT2D eigenvalue weighted by Crippen LogP contribution is -2.47. The van der Waals surface area contributed by atoms with Crippen LogP contribution in [0.2, 0.25) is 0 Å². The van der Waals surface area contributed by atoms with Crippen LogP contribution in [0.15, 0.2) is 0 Å². The highest BCUT2D eigenvalue weighted by Gasteiger charge is 2.41. The number of ether oxygens (including phenoxy) is 1. The van der Waals surface area contributed by atoms with Crippen molar-refractivity contribution in [1.82, 2.24) is 15.1 Å². The van der Waals surface area contributed by atoms with E-state index in [2.05, 4.69) is 29.2 Å². The number of aliphatic hydroxyl groups excluding tert-OH is 1. The van der Waals surface area contributed by atoms with Gasteiger partial charge in [0.05, 0.1) is 25.5 Å². The Morgan fingerprint density at radius 1 is 1.36 bits per heavy atom. The third kappa shape index (κ3) is 3.00. The van der Waals surface area contributed by atoms with Gasteiger partial charge < -0.3 is 20.1 Å². The summed E-state index contributed by atoms with van der Waals surface area (Å²) in [5.41, 5.74) is 2.13. The number of morpholine rings is 1. The van der Waals surface area contributed by atoms with E-state index in [0.717, 1.165) is 38.5 Å². The molecule has 0 amide bonds. The lowest BCUT2D eigenvalue weighted by Gasteiger charge is -2.32. The number of nitrogens with zero attached hydrogens (tertiary/aromatic N) is 3. The van der Waals surface area contributed by atoms with Crippen LogP contribution in [0.3, 0.4) is 0 Å². The van der Waals surface area contributed by atoms with Crippen molar-refractivity contribution in [3.8, 4) is 0 Å². The molecule has 22 heavy (non-hydrogen) atoms. The van der Waals surface area contributed by atoms with Gasteiger partial charge in [0.1, 0.15) is 5.82 Å². The first kappa shape index (κ1) is 15.8. The highest BCUT2D eigenvalue weighted by molar-refractivity contribution is 5.50. The van der Waals surface area contributed by atoms with Crippen LogP contribution in [-0.4, -0.2) is 53.3 Å². The molecular weight excluding hydrogens is 280 g/mol. The molecule has 1 atom stereocenters. The molecule has 2 fully saturated rings. The van der Waals surface area contributed by atoms with Gasteiger partial charge in [-0.05, 0) is 32.6 Å². The molecule has 2 heterocycles. The van der Waals surface area contributed by atoms with Crippen molar-refractivity contribution in [2.45, 2.75) is 38.8 Å². The van der Waals surface area contributed by atoms with E-state index in [1.165, 1.54) is 24.2 Å². The van der Waals surface area contributed by atoms with Gasteiger partial charge in [-0.1, -0.05) is 0 Å². The summed E-state index contributed by atoms with van der Waals surface area (Å²) < 4.78 is 7.44. The normalized spacial score (nSPS) is 21.9. The summed E-state index contributed by atoms with van der Waals surface area (Å²) in [6.07, 6.45) is 2.43. The predicted octanol–water partition coefficient (Wildman–Crippen LogP) is 0.816. The SMILES string of the molecule is Cc1nn(C)c(N2CCOCC2)c1CNC(C)(CO)C1CC1. The Labute approximate surface area is 132 Å². The molecule has 0 bridgehead atoms. The van der Waals surface area contributed by atoms with Crippen LogP contribution in [0, 0.1) is 12.8 Å². The lowest BCUT2D eigenvalue weighted by atomic mass is 9.96. The van der Waals surface area contributed by atoms with Gasteiger partial charge in [-0.25, -0.2) is 0 Å². The molecule has 0 radical (unpaired) electrons. The summed E-state index contributed by atoms with van der Waals surface area (Å²) in [4.78, 5) is 2.36. The van der Waals surface area contributed by atoms with E-state index in [1.54, 1.807) is 0 Å². The van der Waals surface area contributed by atoms with E-state index >= 15 is 0 Å². The van der Waals surface area contributed by atoms with E-state index in [4.69, 9.17) is 4.74 Å². The topological polar surface area (TPSA) is 62.5 Å². The van der Waals surface area contributed by atoms with Crippen LogP contribution in [0.25, 0.3) is 0 Å². The third-order valence-corrected chi connectivity index (χ3v) is 5.10. The van der Waals surface area contributed by atoms with Crippen molar-refractivity contribution in [2.75, 3.05) is 37.8 Å². The number of aliphatic hydroxyl groups is 1. The lowest BCUT2D eigenvalue weighted by molar-refractivity contribution is 0.122. The van der Waals surface area contributed by atoms with E-state index in [1.807, 2.05) is 11.7 Å². The largest absolute Gasteiger partial charge is 0.394 e. The van der Waals surface area contributed by atoms with Gasteiger partial charge in [-0.3, -0.25) is 4.68 Å². The molecule has 1 unspecified atom stereocenters. The van der Waals surface area contributed by atoms with E-state index in [9.17, 15) is 5.11 Å². The molecule has 0 spiro atoms. The number of nitrogens with one attached hydrogen (secondary N) is 1. The first-order valence-corrected chi connectivity index (χ1v) is 8.26. The monoisotopic (exact) mass is 308 g/mol. The molecule has 1 aliphatic carbocycles. The second kappa shape index (κ2) is 6.18. The summed E-state index contributed by atoms with van der Waals surface area (Å²) >= 11 is 0. The second-order valence-corrected chi connectivity index (χ2v) is 6.81. The van der Waals surface area contributed by atoms with Crippen LogP contribution in [0.1, 0.15) is 31.0 Å². The Morgan fingerprint density at radius 3 is 2.64 bits per heavy atom. The maximum absolute atomic E-state index is 9.76. The Bertz CT molecular complexity index is 520. The molecule has 2 aliphatic rings. The van der Waals surface area contributed by atoms with Crippen LogP contribution >= 0.6 is 0 Å². The van der Waals surface area contributed by atoms with Crippen molar-refractivity contribution in [3.63, 3.8) is 0 Å². The average Bonchev–Trinajstić information content (AvgIpc) is 3.33. The fraction of sp³-hybridized carbons (Fsp3) is 0.812. The molecule has 1 aromatic heterocycles. The van der Waals surface area contributed by atoms with Gasteiger partial charge >= 0.3 is 0 Å². The quantitative estimate of drug-likeness (QED) is 0.814. The smallest absolute Gasteiger partial charge is 0.131 e. The van der Waals surface area contributed by atoms with Crippen LogP contribution in [-0.2, 0) is 18.3 Å². The fourth-order valence-electron chi connectivity index (χ4n) is 3.41. The minimum absolute atomic E-state index is 0.176. The zero-order valence-electron chi connectivity index (χ0n) is 13.9. The Morgan fingerprint density at radius 2 is 2.05 bits per heavy atom. The van der Waals surface area contributed by atoms with Gasteiger partial charge in [0.25, 0.3) is 0 Å². The molecule has 3 rings (SSSR count). The summed E-state index contributed by atoms with van der Waals surface area (Å²) in [7, 11) is 2.01. The van der Waals surface area contributed by atoms with Crippen molar-refractivity contribution in [1.29, 1.82) is 0 Å². The molecule has 1 aliphatic heterocycles. The number of aromatic nitrogens is 2. The van der Waals surface area contributed by atoms with Crippen LogP contribution < -0.4 is 10.2 Å². The van der Waals surface area contributed by atoms with Crippen molar-refractivity contribution in [3.05, 3.63) is 11.3 Å². The zero-order chi connectivity index (χ0) is 15.7. The Kier molecular flexibility index (Phi) is 4.43. The Balaban J connectivity index is 1.77. The first-order valence-electron chi connectivity index (χ1n) is 8.26. The minimum atomic E-state index is -0.176. The summed E-state index contributed by atoms with van der Waals surface area (Å²) in [5.74, 6) is 1.78. The van der Waals surface area contributed by atoms with Gasteiger partial charge in [0, 0.05) is 37.8 Å². The van der Waals surface area contributed by atoms with E-state index in [0.29, 0.717) is 5.92 Å². The summed E-state index contributed by atoms with van der Waals surface area (Å²) in [5, 5.41) is 18.0. The summed E-state index contributed by atoms with van der Waals surface area (Å²) in [6, 6.07) is 0. The molecule has 1 saturated heterocycles. The third-order valence-electron chi connectivity index (χ3n) is 5.10. The Hall–Kier alpha value is -1.11. The predicted molar refractivity (Wildman–Crippen MR) is 86.0 cm³/mol. The maximum Gasteiger partial charge on any atom is 0.131 e. The molecule has 1 aromatic rings. The van der Waals surface area contributed by atoms with E-state index < -0.39 is 0 Å². The molecule has 2 N–H and O–H groups in total. The van der Waals surface area contributed by atoms with Gasteiger partial charge in [-0.15, -0.1) is 0 Å². The molecule has 124 valence electrons. The fourth-order valence-corrected chi connectivity index (χ4v) is 3.41. The van der Waals surface area contributed by atoms with E-state index in [-0.39, 0.29) is 12.1 Å². The molecular formula is C16H28N4O2. The standard InChI is InChI=1S/C16H28N4O2/c1-12-14(10-17-16(2,11-21)13-4-5-13)15(19(3)18-12)20-6-8-22-9-7-20/h13,17,21H,4-11H2,1-3H3. The highest BCUT2D eigenvalue weighted by atomic mass is 16.5. The average molecular weight is 308 g/mol. The molecule has 0 aromatic carbocycles. The number of aryl methyl sites for hydroxylation is 2. The van der Waals surface area contributed by atoms with Gasteiger partial charge in [-0.2, -0.15) is 5.10 Å². The number of anilines is 1. The molecule has 1 saturated carbocycles. The number of rotatable bonds is 6. The minimum Gasteiger partial charge on any atom is -0.394 e. The molecule has 6 nitrogen and oxygen atoms in total. The van der Waals surface area contributed by atoms with Crippen molar-refractivity contribution >= 4 is 5.82 Å².